The summed E-state index contributed by atoms with van der Waals surface area (Å²) in [6, 6.07) is 17.3. The number of carbonyl (C=O) groups excluding carboxylic acids is 2. The van der Waals surface area contributed by atoms with Gasteiger partial charge < -0.3 is 19.9 Å². The van der Waals surface area contributed by atoms with Gasteiger partial charge in [0, 0.05) is 37.6 Å². The van der Waals surface area contributed by atoms with Gasteiger partial charge >= 0.3 is 5.97 Å². The van der Waals surface area contributed by atoms with Crippen molar-refractivity contribution in [3.05, 3.63) is 60.2 Å². The Hall–Kier alpha value is -3.02. The van der Waals surface area contributed by atoms with Crippen LogP contribution in [0.15, 0.2) is 54.6 Å². The third-order valence-electron chi connectivity index (χ3n) is 4.52. The lowest BCUT2D eigenvalue weighted by Gasteiger charge is -2.36. The van der Waals surface area contributed by atoms with E-state index < -0.39 is 5.97 Å². The van der Waals surface area contributed by atoms with Gasteiger partial charge in [-0.05, 0) is 24.3 Å². The van der Waals surface area contributed by atoms with Gasteiger partial charge in [-0.15, -0.1) is 0 Å². The number of hydrogen-bond donors (Lipinski definition) is 1. The quantitative estimate of drug-likeness (QED) is 0.836. The monoisotopic (exact) mass is 353 g/mol. The first kappa shape index (κ1) is 17.8. The number of anilines is 2. The van der Waals surface area contributed by atoms with Gasteiger partial charge in [0.25, 0.3) is 0 Å². The first-order chi connectivity index (χ1) is 12.7. The Morgan fingerprint density at radius 2 is 1.62 bits per heavy atom. The summed E-state index contributed by atoms with van der Waals surface area (Å²) in [5, 5.41) is 3.06. The molecule has 0 radical (unpaired) electrons. The minimum atomic E-state index is -0.419. The number of rotatable bonds is 5. The largest absolute Gasteiger partial charge is 0.465 e. The highest BCUT2D eigenvalue weighted by molar-refractivity contribution is 5.96. The molecule has 1 aliphatic heterocycles. The summed E-state index contributed by atoms with van der Waals surface area (Å²) in [5.41, 5.74) is 2.22. The second-order valence-electron chi connectivity index (χ2n) is 6.09. The molecule has 0 atom stereocenters. The summed E-state index contributed by atoms with van der Waals surface area (Å²) in [7, 11) is 1.34. The summed E-state index contributed by atoms with van der Waals surface area (Å²) < 4.78 is 4.77. The van der Waals surface area contributed by atoms with E-state index in [1.54, 1.807) is 18.2 Å². The number of benzene rings is 2. The van der Waals surface area contributed by atoms with Crippen LogP contribution in [0.3, 0.4) is 0 Å². The number of carbonyl (C=O) groups is 2. The molecule has 0 unspecified atom stereocenters. The Labute approximate surface area is 153 Å². The Morgan fingerprint density at radius 1 is 0.962 bits per heavy atom. The van der Waals surface area contributed by atoms with Gasteiger partial charge in [0.05, 0.1) is 19.2 Å². The third-order valence-corrected chi connectivity index (χ3v) is 4.52. The highest BCUT2D eigenvalue weighted by Crippen LogP contribution is 2.17. The molecule has 1 aliphatic rings. The number of amides is 1. The van der Waals surface area contributed by atoms with E-state index in [0.717, 1.165) is 13.1 Å². The molecule has 6 nitrogen and oxygen atoms in total. The number of para-hydroxylation sites is 2. The average molecular weight is 353 g/mol. The molecule has 0 spiro atoms. The van der Waals surface area contributed by atoms with Crippen molar-refractivity contribution in [3.8, 4) is 0 Å². The van der Waals surface area contributed by atoms with Gasteiger partial charge in [-0.1, -0.05) is 30.3 Å². The summed E-state index contributed by atoms with van der Waals surface area (Å²) in [6.07, 6.45) is 0. The molecule has 136 valence electrons. The molecule has 1 fully saturated rings. The molecule has 0 aliphatic carbocycles. The second-order valence-corrected chi connectivity index (χ2v) is 6.09. The smallest absolute Gasteiger partial charge is 0.339 e. The lowest BCUT2D eigenvalue weighted by atomic mass is 10.2. The van der Waals surface area contributed by atoms with E-state index in [1.807, 2.05) is 29.2 Å². The Morgan fingerprint density at radius 3 is 2.31 bits per heavy atom. The highest BCUT2D eigenvalue weighted by Gasteiger charge is 2.21. The van der Waals surface area contributed by atoms with E-state index in [0.29, 0.717) is 24.3 Å². The van der Waals surface area contributed by atoms with Gasteiger partial charge in [0.2, 0.25) is 5.91 Å². The Kier molecular flexibility index (Phi) is 5.73. The zero-order chi connectivity index (χ0) is 18.4. The van der Waals surface area contributed by atoms with Crippen LogP contribution in [0.5, 0.6) is 0 Å². The van der Waals surface area contributed by atoms with E-state index in [1.165, 1.54) is 12.8 Å². The predicted octanol–water partition coefficient (Wildman–Crippen LogP) is 2.23. The SMILES string of the molecule is COC(=O)c1ccccc1NCC(=O)N1CCN(c2ccccc2)CC1. The van der Waals surface area contributed by atoms with Crippen molar-refractivity contribution < 1.29 is 14.3 Å². The normalized spacial score (nSPS) is 14.0. The first-order valence-corrected chi connectivity index (χ1v) is 8.68. The standard InChI is InChI=1S/C20H23N3O3/c1-26-20(25)17-9-5-6-10-18(17)21-15-19(24)23-13-11-22(12-14-23)16-7-3-2-4-8-16/h2-10,21H,11-15H2,1H3. The van der Waals surface area contributed by atoms with Crippen LogP contribution in [-0.4, -0.2) is 56.6 Å². The molecule has 1 amide bonds. The molecular formula is C20H23N3O3. The van der Waals surface area contributed by atoms with Crippen LogP contribution < -0.4 is 10.2 Å². The lowest BCUT2D eigenvalue weighted by molar-refractivity contribution is -0.129. The molecule has 26 heavy (non-hydrogen) atoms. The first-order valence-electron chi connectivity index (χ1n) is 8.68. The van der Waals surface area contributed by atoms with Gasteiger partial charge in [-0.2, -0.15) is 0 Å². The summed E-state index contributed by atoms with van der Waals surface area (Å²) in [5.74, 6) is -0.394. The average Bonchev–Trinajstić information content (AvgIpc) is 2.72. The van der Waals surface area contributed by atoms with Crippen molar-refractivity contribution in [2.45, 2.75) is 0 Å². The molecule has 1 saturated heterocycles. The van der Waals surface area contributed by atoms with Crippen LogP contribution in [-0.2, 0) is 9.53 Å². The fourth-order valence-electron chi connectivity index (χ4n) is 3.06. The van der Waals surface area contributed by atoms with Gasteiger partial charge in [-0.3, -0.25) is 4.79 Å². The van der Waals surface area contributed by atoms with Crippen LogP contribution in [0.1, 0.15) is 10.4 Å². The second kappa shape index (κ2) is 8.38. The maximum atomic E-state index is 12.5. The molecule has 0 bridgehead atoms. The molecule has 0 aromatic heterocycles. The van der Waals surface area contributed by atoms with E-state index in [4.69, 9.17) is 4.74 Å². The van der Waals surface area contributed by atoms with Crippen molar-refractivity contribution in [1.82, 2.24) is 4.90 Å². The molecule has 1 N–H and O–H groups in total. The fourth-order valence-corrected chi connectivity index (χ4v) is 3.06. The summed E-state index contributed by atoms with van der Waals surface area (Å²) >= 11 is 0. The van der Waals surface area contributed by atoms with Crippen molar-refractivity contribution in [2.75, 3.05) is 50.1 Å². The van der Waals surface area contributed by atoms with E-state index in [-0.39, 0.29) is 12.5 Å². The molecule has 1 heterocycles. The van der Waals surface area contributed by atoms with E-state index >= 15 is 0 Å². The van der Waals surface area contributed by atoms with Crippen LogP contribution in [0, 0.1) is 0 Å². The zero-order valence-corrected chi connectivity index (χ0v) is 14.9. The number of esters is 1. The summed E-state index contributed by atoms with van der Waals surface area (Å²) in [6.45, 7) is 3.16. The zero-order valence-electron chi connectivity index (χ0n) is 14.9. The maximum Gasteiger partial charge on any atom is 0.339 e. The minimum Gasteiger partial charge on any atom is -0.465 e. The molecule has 2 aromatic carbocycles. The number of piperazine rings is 1. The number of methoxy groups -OCH3 is 1. The number of nitrogens with zero attached hydrogens (tertiary/aromatic N) is 2. The fraction of sp³-hybridized carbons (Fsp3) is 0.300. The summed E-state index contributed by atoms with van der Waals surface area (Å²) in [4.78, 5) is 28.4. The molecule has 2 aromatic rings. The number of ether oxygens (including phenoxy) is 1. The maximum absolute atomic E-state index is 12.5. The molecular weight excluding hydrogens is 330 g/mol. The van der Waals surface area contributed by atoms with Crippen molar-refractivity contribution in [2.24, 2.45) is 0 Å². The molecule has 0 saturated carbocycles. The van der Waals surface area contributed by atoms with Crippen LogP contribution >= 0.6 is 0 Å². The van der Waals surface area contributed by atoms with Crippen LogP contribution in [0.2, 0.25) is 0 Å². The highest BCUT2D eigenvalue weighted by atomic mass is 16.5. The third kappa shape index (κ3) is 4.14. The van der Waals surface area contributed by atoms with E-state index in [2.05, 4.69) is 22.3 Å². The predicted molar refractivity (Wildman–Crippen MR) is 102 cm³/mol. The molecule has 3 rings (SSSR count). The van der Waals surface area contributed by atoms with Crippen LogP contribution in [0.25, 0.3) is 0 Å². The Balaban J connectivity index is 1.53. The van der Waals surface area contributed by atoms with E-state index in [9.17, 15) is 9.59 Å². The van der Waals surface area contributed by atoms with Gasteiger partial charge in [-0.25, -0.2) is 4.79 Å². The molecule has 6 heteroatoms. The lowest BCUT2D eigenvalue weighted by Crippen LogP contribution is -2.50. The van der Waals surface area contributed by atoms with Gasteiger partial charge in [0.15, 0.2) is 0 Å². The van der Waals surface area contributed by atoms with Crippen molar-refractivity contribution in [1.29, 1.82) is 0 Å². The van der Waals surface area contributed by atoms with Gasteiger partial charge in [0.1, 0.15) is 0 Å². The topological polar surface area (TPSA) is 61.9 Å². The van der Waals surface area contributed by atoms with Crippen LogP contribution in [0.4, 0.5) is 11.4 Å². The minimum absolute atomic E-state index is 0.0254. The number of hydrogen-bond acceptors (Lipinski definition) is 5. The van der Waals surface area contributed by atoms with Crippen molar-refractivity contribution in [3.63, 3.8) is 0 Å². The van der Waals surface area contributed by atoms with Crippen molar-refractivity contribution >= 4 is 23.3 Å². The number of nitrogens with one attached hydrogen (secondary N) is 1. The Bertz CT molecular complexity index is 756.